The Bertz CT molecular complexity index is 371. The number of aliphatic hydroxyl groups excluding tert-OH is 1. The minimum atomic E-state index is -0.701. The van der Waals surface area contributed by atoms with Gasteiger partial charge in [-0.2, -0.15) is 0 Å². The first-order valence-electron chi connectivity index (χ1n) is 5.43. The fourth-order valence-corrected chi connectivity index (χ4v) is 1.68. The Labute approximate surface area is 96.3 Å². The second-order valence-corrected chi connectivity index (χ2v) is 5.34. The maximum absolute atomic E-state index is 13.1. The summed E-state index contributed by atoms with van der Waals surface area (Å²) in [6.45, 7) is 7.59. The average molecular weight is 225 g/mol. The van der Waals surface area contributed by atoms with Crippen LogP contribution in [0.5, 0.6) is 0 Å². The quantitative estimate of drug-likeness (QED) is 0.812. The van der Waals surface area contributed by atoms with Crippen molar-refractivity contribution in [1.29, 1.82) is 0 Å². The third-order valence-corrected chi connectivity index (χ3v) is 2.83. The van der Waals surface area contributed by atoms with Crippen molar-refractivity contribution in [3.8, 4) is 0 Å². The third kappa shape index (κ3) is 2.80. The van der Waals surface area contributed by atoms with Crippen LogP contribution in [0.25, 0.3) is 0 Å². The Kier molecular flexibility index (Phi) is 3.71. The normalized spacial score (nSPS) is 15.9. The van der Waals surface area contributed by atoms with Crippen LogP contribution < -0.4 is 5.73 Å². The van der Waals surface area contributed by atoms with E-state index in [1.807, 2.05) is 27.7 Å². The predicted octanol–water partition coefficient (Wildman–Crippen LogP) is 2.54. The van der Waals surface area contributed by atoms with Crippen LogP contribution in [0.2, 0.25) is 0 Å². The van der Waals surface area contributed by atoms with E-state index in [2.05, 4.69) is 0 Å². The first-order valence-corrected chi connectivity index (χ1v) is 5.43. The second-order valence-electron chi connectivity index (χ2n) is 5.34. The standard InChI is InChI=1S/C13H20FNO/c1-8-5-6-9(14)7-10(8)11(15)12(16)13(2,3)4/h5-7,11-12,16H,15H2,1-4H3/t11-,12-/m0/s1. The molecule has 3 N–H and O–H groups in total. The molecule has 0 spiro atoms. The smallest absolute Gasteiger partial charge is 0.123 e. The van der Waals surface area contributed by atoms with Crippen LogP contribution in [0.1, 0.15) is 37.9 Å². The summed E-state index contributed by atoms with van der Waals surface area (Å²) in [4.78, 5) is 0. The summed E-state index contributed by atoms with van der Waals surface area (Å²) in [6, 6.07) is 3.92. The first kappa shape index (κ1) is 13.1. The molecule has 3 heteroatoms. The lowest BCUT2D eigenvalue weighted by atomic mass is 9.81. The van der Waals surface area contributed by atoms with Crippen molar-refractivity contribution in [2.75, 3.05) is 0 Å². The zero-order valence-corrected chi connectivity index (χ0v) is 10.3. The van der Waals surface area contributed by atoms with Gasteiger partial charge in [0.1, 0.15) is 5.82 Å². The number of halogens is 1. The SMILES string of the molecule is Cc1ccc(F)cc1[C@H](N)[C@H](O)C(C)(C)C. The van der Waals surface area contributed by atoms with Crippen LogP contribution in [-0.4, -0.2) is 11.2 Å². The zero-order chi connectivity index (χ0) is 12.5. The van der Waals surface area contributed by atoms with Gasteiger partial charge in [-0.25, -0.2) is 4.39 Å². The molecule has 2 nitrogen and oxygen atoms in total. The minimum Gasteiger partial charge on any atom is -0.391 e. The maximum atomic E-state index is 13.1. The van der Waals surface area contributed by atoms with Gasteiger partial charge < -0.3 is 10.8 Å². The van der Waals surface area contributed by atoms with Gasteiger partial charge in [-0.05, 0) is 35.6 Å². The fraction of sp³-hybridized carbons (Fsp3) is 0.538. The van der Waals surface area contributed by atoms with E-state index in [1.54, 1.807) is 6.07 Å². The number of rotatable bonds is 2. The topological polar surface area (TPSA) is 46.2 Å². The van der Waals surface area contributed by atoms with Crippen molar-refractivity contribution in [3.05, 3.63) is 35.1 Å². The molecule has 0 saturated heterocycles. The molecule has 0 fully saturated rings. The second kappa shape index (κ2) is 4.52. The van der Waals surface area contributed by atoms with Crippen LogP contribution in [0.15, 0.2) is 18.2 Å². The summed E-state index contributed by atoms with van der Waals surface area (Å²) in [6.07, 6.45) is -0.701. The molecular formula is C13H20FNO. The number of benzene rings is 1. The van der Waals surface area contributed by atoms with Gasteiger partial charge >= 0.3 is 0 Å². The molecule has 0 aliphatic heterocycles. The largest absolute Gasteiger partial charge is 0.391 e. The van der Waals surface area contributed by atoms with Crippen molar-refractivity contribution in [2.45, 2.75) is 39.8 Å². The van der Waals surface area contributed by atoms with Crippen LogP contribution in [-0.2, 0) is 0 Å². The van der Waals surface area contributed by atoms with Gasteiger partial charge in [-0.3, -0.25) is 0 Å². The van der Waals surface area contributed by atoms with Gasteiger partial charge in [-0.15, -0.1) is 0 Å². The highest BCUT2D eigenvalue weighted by atomic mass is 19.1. The van der Waals surface area contributed by atoms with Gasteiger partial charge in [0.2, 0.25) is 0 Å². The molecule has 0 saturated carbocycles. The fourth-order valence-electron chi connectivity index (χ4n) is 1.68. The van der Waals surface area contributed by atoms with Gasteiger partial charge in [0.25, 0.3) is 0 Å². The molecule has 1 aromatic carbocycles. The summed E-state index contributed by atoms with van der Waals surface area (Å²) in [5.41, 5.74) is 7.23. The number of aryl methyl sites for hydroxylation is 1. The Morgan fingerprint density at radius 1 is 1.31 bits per heavy atom. The van der Waals surface area contributed by atoms with Crippen molar-refractivity contribution < 1.29 is 9.50 Å². The highest BCUT2D eigenvalue weighted by Gasteiger charge is 2.29. The van der Waals surface area contributed by atoms with Crippen molar-refractivity contribution >= 4 is 0 Å². The summed E-state index contributed by atoms with van der Waals surface area (Å²) in [5, 5.41) is 10.1. The monoisotopic (exact) mass is 225 g/mol. The number of hydrogen-bond donors (Lipinski definition) is 2. The lowest BCUT2D eigenvalue weighted by molar-refractivity contribution is 0.0399. The Balaban J connectivity index is 3.05. The van der Waals surface area contributed by atoms with E-state index in [1.165, 1.54) is 12.1 Å². The number of aliphatic hydroxyl groups is 1. The molecule has 0 aliphatic carbocycles. The minimum absolute atomic E-state index is 0.321. The summed E-state index contributed by atoms with van der Waals surface area (Å²) >= 11 is 0. The van der Waals surface area contributed by atoms with Gasteiger partial charge in [-0.1, -0.05) is 26.8 Å². The lowest BCUT2D eigenvalue weighted by Gasteiger charge is -2.31. The molecule has 1 rings (SSSR count). The van der Waals surface area contributed by atoms with Gasteiger partial charge in [0.15, 0.2) is 0 Å². The van der Waals surface area contributed by atoms with E-state index in [0.717, 1.165) is 5.56 Å². The lowest BCUT2D eigenvalue weighted by Crippen LogP contribution is -2.37. The van der Waals surface area contributed by atoms with Crippen molar-refractivity contribution in [2.24, 2.45) is 11.1 Å². The predicted molar refractivity (Wildman–Crippen MR) is 63.5 cm³/mol. The summed E-state index contributed by atoms with van der Waals surface area (Å²) < 4.78 is 13.1. The van der Waals surface area contributed by atoms with E-state index in [9.17, 15) is 9.50 Å². The highest BCUT2D eigenvalue weighted by molar-refractivity contribution is 5.30. The third-order valence-electron chi connectivity index (χ3n) is 2.83. The summed E-state index contributed by atoms with van der Waals surface area (Å²) in [5.74, 6) is -0.322. The van der Waals surface area contributed by atoms with Gasteiger partial charge in [0.05, 0.1) is 12.1 Å². The van der Waals surface area contributed by atoms with Crippen molar-refractivity contribution in [3.63, 3.8) is 0 Å². The number of nitrogens with two attached hydrogens (primary N) is 1. The molecular weight excluding hydrogens is 205 g/mol. The van der Waals surface area contributed by atoms with E-state index in [-0.39, 0.29) is 11.2 Å². The molecule has 0 radical (unpaired) electrons. The molecule has 0 heterocycles. The molecule has 0 amide bonds. The van der Waals surface area contributed by atoms with E-state index in [0.29, 0.717) is 5.56 Å². The Hall–Kier alpha value is -0.930. The molecule has 1 aromatic rings. The Morgan fingerprint density at radius 3 is 2.38 bits per heavy atom. The summed E-state index contributed by atoms with van der Waals surface area (Å²) in [7, 11) is 0. The van der Waals surface area contributed by atoms with Crippen LogP contribution in [0.4, 0.5) is 4.39 Å². The van der Waals surface area contributed by atoms with Crippen LogP contribution >= 0.6 is 0 Å². The zero-order valence-electron chi connectivity index (χ0n) is 10.3. The molecule has 16 heavy (non-hydrogen) atoms. The van der Waals surface area contributed by atoms with Crippen LogP contribution in [0, 0.1) is 18.2 Å². The van der Waals surface area contributed by atoms with Crippen LogP contribution in [0.3, 0.4) is 0 Å². The van der Waals surface area contributed by atoms with E-state index >= 15 is 0 Å². The molecule has 0 aliphatic rings. The van der Waals surface area contributed by atoms with E-state index < -0.39 is 12.1 Å². The van der Waals surface area contributed by atoms with Gasteiger partial charge in [0, 0.05) is 0 Å². The Morgan fingerprint density at radius 2 is 1.88 bits per heavy atom. The molecule has 2 atom stereocenters. The highest BCUT2D eigenvalue weighted by Crippen LogP contribution is 2.30. The molecule has 0 aromatic heterocycles. The van der Waals surface area contributed by atoms with Crippen molar-refractivity contribution in [1.82, 2.24) is 0 Å². The maximum Gasteiger partial charge on any atom is 0.123 e. The molecule has 0 unspecified atom stereocenters. The van der Waals surface area contributed by atoms with E-state index in [4.69, 9.17) is 5.73 Å². The average Bonchev–Trinajstić information content (AvgIpc) is 2.18. The first-order chi connectivity index (χ1) is 7.23. The molecule has 90 valence electrons. The molecule has 0 bridgehead atoms. The number of hydrogen-bond acceptors (Lipinski definition) is 2.